The molecule has 1 amide bonds. The van der Waals surface area contributed by atoms with Crippen LogP contribution >= 0.6 is 0 Å². The minimum atomic E-state index is -1.22. The number of rotatable bonds is 10. The van der Waals surface area contributed by atoms with Crippen LogP contribution in [0.3, 0.4) is 0 Å². The molecule has 0 saturated heterocycles. The van der Waals surface area contributed by atoms with Crippen LogP contribution in [0.5, 0.6) is 0 Å². The van der Waals surface area contributed by atoms with Crippen molar-refractivity contribution < 1.29 is 29.4 Å². The highest BCUT2D eigenvalue weighted by molar-refractivity contribution is 5.86. The first kappa shape index (κ1) is 24.0. The lowest BCUT2D eigenvalue weighted by molar-refractivity contribution is -0.143. The summed E-state index contributed by atoms with van der Waals surface area (Å²) < 4.78 is 0. The van der Waals surface area contributed by atoms with Gasteiger partial charge in [-0.15, -0.1) is 0 Å². The van der Waals surface area contributed by atoms with Crippen molar-refractivity contribution in [3.8, 4) is 0 Å². The van der Waals surface area contributed by atoms with E-state index in [4.69, 9.17) is 0 Å². The van der Waals surface area contributed by atoms with Gasteiger partial charge in [0.25, 0.3) is 0 Å². The van der Waals surface area contributed by atoms with Gasteiger partial charge >= 0.3 is 11.9 Å². The Kier molecular flexibility index (Phi) is 8.93. The molecule has 0 aliphatic rings. The second-order valence-corrected chi connectivity index (χ2v) is 8.49. The first-order valence-corrected chi connectivity index (χ1v) is 8.69. The van der Waals surface area contributed by atoms with E-state index in [1.165, 1.54) is 0 Å². The predicted molar refractivity (Wildman–Crippen MR) is 96.8 cm³/mol. The quantitative estimate of drug-likeness (QED) is 0.457. The summed E-state index contributed by atoms with van der Waals surface area (Å²) >= 11 is 0. The number of ketones is 1. The summed E-state index contributed by atoms with van der Waals surface area (Å²) in [6.45, 7) is 10.7. The van der Waals surface area contributed by atoms with E-state index in [1.54, 1.807) is 20.8 Å². The lowest BCUT2D eigenvalue weighted by atomic mass is 9.87. The molecule has 0 aromatic rings. The number of hydrogen-bond donors (Lipinski definition) is 4. The highest BCUT2D eigenvalue weighted by Gasteiger charge is 2.27. The van der Waals surface area contributed by atoms with Gasteiger partial charge in [-0.1, -0.05) is 20.8 Å². The van der Waals surface area contributed by atoms with Gasteiger partial charge < -0.3 is 15.5 Å². The monoisotopic (exact) mass is 372 g/mol. The first-order chi connectivity index (χ1) is 11.6. The molecule has 0 unspecified atom stereocenters. The van der Waals surface area contributed by atoms with E-state index in [9.17, 15) is 29.4 Å². The predicted octanol–water partition coefficient (Wildman–Crippen LogP) is 1.57. The highest BCUT2D eigenvalue weighted by atomic mass is 16.4. The second kappa shape index (κ2) is 9.66. The Morgan fingerprint density at radius 2 is 1.27 bits per heavy atom. The van der Waals surface area contributed by atoms with Crippen molar-refractivity contribution in [2.75, 3.05) is 0 Å². The molecule has 0 heterocycles. The molecule has 0 spiro atoms. The minimum Gasteiger partial charge on any atom is -0.480 e. The van der Waals surface area contributed by atoms with E-state index >= 15 is 0 Å². The number of nitrogens with one attached hydrogen (secondary N) is 2. The normalized spacial score (nSPS) is 14.4. The van der Waals surface area contributed by atoms with E-state index < -0.39 is 40.9 Å². The number of amides is 1. The number of carboxylic acids is 2. The van der Waals surface area contributed by atoms with E-state index in [2.05, 4.69) is 10.6 Å². The molecule has 0 bridgehead atoms. The van der Waals surface area contributed by atoms with Crippen LogP contribution in [0.2, 0.25) is 0 Å². The molecule has 0 saturated carbocycles. The average molecular weight is 372 g/mol. The lowest BCUT2D eigenvalue weighted by Gasteiger charge is -2.26. The molecule has 4 N–H and O–H groups in total. The number of Topliss-reactive ketones (excluding diaryl/α,β-unsaturated/α-hetero) is 1. The molecule has 0 aliphatic carbocycles. The maximum absolute atomic E-state index is 12.0. The van der Waals surface area contributed by atoms with Crippen molar-refractivity contribution in [3.05, 3.63) is 0 Å². The van der Waals surface area contributed by atoms with Crippen molar-refractivity contribution in [1.29, 1.82) is 0 Å². The smallest absolute Gasteiger partial charge is 0.326 e. The molecular weight excluding hydrogens is 340 g/mol. The van der Waals surface area contributed by atoms with Crippen molar-refractivity contribution >= 4 is 23.6 Å². The van der Waals surface area contributed by atoms with Gasteiger partial charge in [0.15, 0.2) is 0 Å². The van der Waals surface area contributed by atoms with Crippen LogP contribution in [0.1, 0.15) is 67.2 Å². The van der Waals surface area contributed by atoms with Crippen molar-refractivity contribution in [3.63, 3.8) is 0 Å². The summed E-state index contributed by atoms with van der Waals surface area (Å²) in [7, 11) is 0. The third-order valence-corrected chi connectivity index (χ3v) is 3.70. The molecule has 0 radical (unpaired) electrons. The third-order valence-electron chi connectivity index (χ3n) is 3.70. The summed E-state index contributed by atoms with van der Waals surface area (Å²) in [6.07, 6.45) is -0.0490. The third kappa shape index (κ3) is 10.1. The zero-order valence-electron chi connectivity index (χ0n) is 16.5. The summed E-state index contributed by atoms with van der Waals surface area (Å²) in [6, 6.07) is -2.08. The van der Waals surface area contributed by atoms with E-state index in [-0.39, 0.29) is 31.5 Å². The zero-order valence-corrected chi connectivity index (χ0v) is 16.5. The Balaban J connectivity index is 4.65. The van der Waals surface area contributed by atoms with E-state index in [1.807, 2.05) is 20.8 Å². The van der Waals surface area contributed by atoms with Crippen molar-refractivity contribution in [2.45, 2.75) is 84.8 Å². The van der Waals surface area contributed by atoms with E-state index in [0.29, 0.717) is 0 Å². The van der Waals surface area contributed by atoms with Crippen LogP contribution in [0.25, 0.3) is 0 Å². The maximum Gasteiger partial charge on any atom is 0.326 e. The molecule has 2 atom stereocenters. The number of carboxylic acid groups (broad SMARTS) is 2. The van der Waals surface area contributed by atoms with Gasteiger partial charge in [0.05, 0.1) is 0 Å². The van der Waals surface area contributed by atoms with Crippen LogP contribution in [-0.2, 0) is 19.2 Å². The summed E-state index contributed by atoms with van der Waals surface area (Å²) in [4.78, 5) is 46.5. The number of carbonyl (C=O) groups is 4. The topological polar surface area (TPSA) is 133 Å². The molecule has 0 aliphatic heterocycles. The van der Waals surface area contributed by atoms with Gasteiger partial charge in [-0.3, -0.25) is 19.7 Å². The number of aliphatic carboxylic acids is 2. The summed E-state index contributed by atoms with van der Waals surface area (Å²) in [5.41, 5.74) is -1.00. The van der Waals surface area contributed by atoms with Crippen LogP contribution in [0, 0.1) is 5.41 Å². The van der Waals surface area contributed by atoms with Crippen LogP contribution < -0.4 is 10.6 Å². The van der Waals surface area contributed by atoms with Crippen molar-refractivity contribution in [2.24, 2.45) is 5.41 Å². The molecule has 8 heteroatoms. The largest absolute Gasteiger partial charge is 0.480 e. The zero-order chi connectivity index (χ0) is 20.7. The minimum absolute atomic E-state index is 0.000221. The van der Waals surface area contributed by atoms with Gasteiger partial charge in [0.2, 0.25) is 5.91 Å². The fourth-order valence-electron chi connectivity index (χ4n) is 2.23. The molecular formula is C18H32N2O6. The molecule has 26 heavy (non-hydrogen) atoms. The van der Waals surface area contributed by atoms with Gasteiger partial charge in [0.1, 0.15) is 17.9 Å². The van der Waals surface area contributed by atoms with Gasteiger partial charge in [-0.2, -0.15) is 0 Å². The van der Waals surface area contributed by atoms with Crippen LogP contribution in [-0.4, -0.2) is 51.5 Å². The van der Waals surface area contributed by atoms with Crippen LogP contribution in [0.15, 0.2) is 0 Å². The highest BCUT2D eigenvalue weighted by Crippen LogP contribution is 2.18. The standard InChI is InChI=1S/C18H32N2O6/c1-17(2,3)13(21)9-7-11(15(23)24)19-14(22)10-8-12(16(25)26)20-18(4,5)6/h11-12,20H,7-10H2,1-6H3,(H,19,22)(H,23,24)(H,25,26)/t11-,12-/m0/s1. The Labute approximate surface area is 154 Å². The molecule has 0 rings (SSSR count). The van der Waals surface area contributed by atoms with Crippen LogP contribution in [0.4, 0.5) is 0 Å². The Bertz CT molecular complexity index is 531. The number of hydrogen-bond acceptors (Lipinski definition) is 5. The molecule has 0 fully saturated rings. The van der Waals surface area contributed by atoms with Crippen molar-refractivity contribution in [1.82, 2.24) is 10.6 Å². The summed E-state index contributed by atoms with van der Waals surface area (Å²) in [5, 5.41) is 23.7. The first-order valence-electron chi connectivity index (χ1n) is 8.69. The fraction of sp³-hybridized carbons (Fsp3) is 0.778. The fourth-order valence-corrected chi connectivity index (χ4v) is 2.23. The summed E-state index contributed by atoms with van der Waals surface area (Å²) in [5.74, 6) is -2.93. The van der Waals surface area contributed by atoms with Gasteiger partial charge in [0, 0.05) is 23.8 Å². The Morgan fingerprint density at radius 3 is 1.65 bits per heavy atom. The molecule has 0 aromatic carbocycles. The SMILES string of the molecule is CC(C)(C)N[C@@H](CCC(=O)N[C@@H](CCC(=O)C(C)(C)C)C(=O)O)C(=O)O. The second-order valence-electron chi connectivity index (χ2n) is 8.49. The van der Waals surface area contributed by atoms with Gasteiger partial charge in [-0.05, 0) is 33.6 Å². The molecule has 0 aromatic heterocycles. The van der Waals surface area contributed by atoms with Gasteiger partial charge in [-0.25, -0.2) is 4.79 Å². The molecule has 8 nitrogen and oxygen atoms in total. The average Bonchev–Trinajstić information content (AvgIpc) is 2.44. The maximum atomic E-state index is 12.0. The Hall–Kier alpha value is -1.96. The lowest BCUT2D eigenvalue weighted by Crippen LogP contribution is -2.48. The number of carbonyl (C=O) groups excluding carboxylic acids is 2. The Morgan fingerprint density at radius 1 is 0.808 bits per heavy atom. The van der Waals surface area contributed by atoms with E-state index in [0.717, 1.165) is 0 Å². The molecule has 150 valence electrons.